The molecule has 1 N–H and O–H groups in total. The number of thioether (sulfide) groups is 1. The minimum absolute atomic E-state index is 0.316. The van der Waals surface area contributed by atoms with Crippen LogP contribution in [0.1, 0.15) is 32.0 Å². The molecule has 5 rings (SSSR count). The van der Waals surface area contributed by atoms with E-state index in [4.69, 9.17) is 11.6 Å². The number of nitrogens with zero attached hydrogens (tertiary/aromatic N) is 3. The van der Waals surface area contributed by atoms with E-state index in [1.807, 2.05) is 12.1 Å². The summed E-state index contributed by atoms with van der Waals surface area (Å²) in [6.45, 7) is -0.366. The van der Waals surface area contributed by atoms with Gasteiger partial charge in [0.1, 0.15) is 12.4 Å². The highest BCUT2D eigenvalue weighted by atomic mass is 35.5. The number of halogens is 1. The number of carbonyl (C=O) groups is 3. The molecule has 2 aliphatic rings. The first-order chi connectivity index (χ1) is 14.5. The van der Waals surface area contributed by atoms with Crippen LogP contribution < -0.4 is 5.32 Å². The summed E-state index contributed by atoms with van der Waals surface area (Å²) in [4.78, 5) is 38.9. The van der Waals surface area contributed by atoms with Gasteiger partial charge in [-0.1, -0.05) is 29.8 Å². The van der Waals surface area contributed by atoms with Crippen LogP contribution in [0.4, 0.5) is 5.82 Å². The Kier molecular flexibility index (Phi) is 4.60. The Balaban J connectivity index is 1.42. The Hall–Kier alpha value is -3.10. The Morgan fingerprint density at radius 2 is 1.80 bits per heavy atom. The summed E-state index contributed by atoms with van der Waals surface area (Å²) in [6, 6.07) is 13.7. The van der Waals surface area contributed by atoms with Crippen LogP contribution in [0.3, 0.4) is 0 Å². The second kappa shape index (κ2) is 7.30. The third-order valence-electron chi connectivity index (χ3n) is 5.04. The lowest BCUT2D eigenvalue weighted by Gasteiger charge is -2.15. The third kappa shape index (κ3) is 3.09. The molecular weight excluding hydrogens is 424 g/mol. The van der Waals surface area contributed by atoms with Crippen molar-refractivity contribution in [2.45, 2.75) is 11.5 Å². The van der Waals surface area contributed by atoms with E-state index in [1.54, 1.807) is 52.8 Å². The van der Waals surface area contributed by atoms with Crippen molar-refractivity contribution < 1.29 is 14.4 Å². The van der Waals surface area contributed by atoms with Crippen LogP contribution in [-0.2, 0) is 16.3 Å². The van der Waals surface area contributed by atoms with Crippen molar-refractivity contribution in [1.82, 2.24) is 14.7 Å². The molecule has 0 aliphatic carbocycles. The number of benzene rings is 2. The van der Waals surface area contributed by atoms with E-state index in [0.717, 1.165) is 33.4 Å². The summed E-state index contributed by atoms with van der Waals surface area (Å²) < 4.78 is 1.65. The Morgan fingerprint density at radius 3 is 2.50 bits per heavy atom. The molecule has 2 aromatic carbocycles. The number of fused-ring (bicyclic) bond motifs is 2. The molecule has 150 valence electrons. The predicted molar refractivity (Wildman–Crippen MR) is 114 cm³/mol. The van der Waals surface area contributed by atoms with Gasteiger partial charge in [-0.15, -0.1) is 0 Å². The van der Waals surface area contributed by atoms with Gasteiger partial charge in [0.05, 0.1) is 22.5 Å². The fraction of sp³-hybridized carbons (Fsp3) is 0.143. The van der Waals surface area contributed by atoms with Crippen LogP contribution in [0.25, 0.3) is 5.69 Å². The molecule has 0 unspecified atom stereocenters. The van der Waals surface area contributed by atoms with Gasteiger partial charge in [-0.25, -0.2) is 4.68 Å². The molecule has 0 radical (unpaired) electrons. The van der Waals surface area contributed by atoms with Crippen LogP contribution in [0.2, 0.25) is 5.02 Å². The van der Waals surface area contributed by atoms with Gasteiger partial charge >= 0.3 is 0 Å². The number of nitrogens with one attached hydrogen (secondary N) is 1. The molecule has 0 atom stereocenters. The maximum absolute atomic E-state index is 12.8. The molecule has 0 saturated heterocycles. The number of anilines is 1. The van der Waals surface area contributed by atoms with Crippen molar-refractivity contribution in [1.29, 1.82) is 0 Å². The maximum atomic E-state index is 12.8. The average Bonchev–Trinajstić information content (AvgIpc) is 3.39. The molecule has 3 heterocycles. The SMILES string of the molecule is O=C(CN1C(=O)c2ccccc2C1=O)Nc1c2c(nn1-c1cccc(Cl)c1)CSC2. The van der Waals surface area contributed by atoms with Gasteiger partial charge in [0, 0.05) is 22.1 Å². The van der Waals surface area contributed by atoms with Gasteiger partial charge in [-0.3, -0.25) is 19.3 Å². The lowest BCUT2D eigenvalue weighted by atomic mass is 10.1. The molecule has 0 saturated carbocycles. The standard InChI is InChI=1S/C21H15ClN4O3S/c22-12-4-3-5-13(8-12)26-19(16-10-30-11-17(16)24-26)23-18(27)9-25-20(28)14-6-1-2-7-15(14)21(25)29/h1-8H,9-11H2,(H,23,27). The van der Waals surface area contributed by atoms with E-state index < -0.39 is 17.7 Å². The fourth-order valence-corrected chi connectivity index (χ4v) is 4.85. The van der Waals surface area contributed by atoms with Crippen LogP contribution in [0.5, 0.6) is 0 Å². The Morgan fingerprint density at radius 1 is 1.07 bits per heavy atom. The first kappa shape index (κ1) is 18.9. The van der Waals surface area contributed by atoms with Gasteiger partial charge < -0.3 is 5.32 Å². The first-order valence-electron chi connectivity index (χ1n) is 9.22. The molecule has 9 heteroatoms. The number of aromatic nitrogens is 2. The van der Waals surface area contributed by atoms with Crippen molar-refractivity contribution >= 4 is 46.9 Å². The van der Waals surface area contributed by atoms with Crippen molar-refractivity contribution in [2.24, 2.45) is 0 Å². The third-order valence-corrected chi connectivity index (χ3v) is 6.25. The molecule has 1 aromatic heterocycles. The van der Waals surface area contributed by atoms with E-state index in [1.165, 1.54) is 0 Å². The largest absolute Gasteiger partial charge is 0.309 e. The molecule has 0 spiro atoms. The zero-order chi connectivity index (χ0) is 20.8. The molecule has 0 fully saturated rings. The predicted octanol–water partition coefficient (Wildman–Crippen LogP) is 3.51. The maximum Gasteiger partial charge on any atom is 0.262 e. The Bertz CT molecular complexity index is 1190. The summed E-state index contributed by atoms with van der Waals surface area (Å²) in [6.07, 6.45) is 0. The van der Waals surface area contributed by atoms with Crippen LogP contribution >= 0.6 is 23.4 Å². The lowest BCUT2D eigenvalue weighted by Crippen LogP contribution is -2.37. The molecule has 0 bridgehead atoms. The number of carbonyl (C=O) groups excluding carboxylic acids is 3. The fourth-order valence-electron chi connectivity index (χ4n) is 3.63. The quantitative estimate of drug-likeness (QED) is 0.630. The van der Waals surface area contributed by atoms with E-state index in [9.17, 15) is 14.4 Å². The van der Waals surface area contributed by atoms with E-state index in [0.29, 0.717) is 22.0 Å². The zero-order valence-electron chi connectivity index (χ0n) is 15.6. The van der Waals surface area contributed by atoms with Gasteiger partial charge in [0.15, 0.2) is 0 Å². The van der Waals surface area contributed by atoms with Gasteiger partial charge in [0.25, 0.3) is 11.8 Å². The molecule has 30 heavy (non-hydrogen) atoms. The minimum atomic E-state index is -0.465. The molecular formula is C21H15ClN4O3S. The van der Waals surface area contributed by atoms with Crippen molar-refractivity contribution in [3.05, 3.63) is 75.9 Å². The summed E-state index contributed by atoms with van der Waals surface area (Å²) in [7, 11) is 0. The van der Waals surface area contributed by atoms with Crippen LogP contribution in [0.15, 0.2) is 48.5 Å². The van der Waals surface area contributed by atoms with Gasteiger partial charge in [0.2, 0.25) is 5.91 Å². The summed E-state index contributed by atoms with van der Waals surface area (Å²) >= 11 is 7.83. The summed E-state index contributed by atoms with van der Waals surface area (Å²) in [5, 5.41) is 8.04. The van der Waals surface area contributed by atoms with Gasteiger partial charge in [-0.2, -0.15) is 16.9 Å². The number of amides is 3. The zero-order valence-corrected chi connectivity index (χ0v) is 17.2. The van der Waals surface area contributed by atoms with Crippen LogP contribution in [0, 0.1) is 0 Å². The number of hydrogen-bond acceptors (Lipinski definition) is 5. The molecule has 3 amide bonds. The van der Waals surface area contributed by atoms with Crippen LogP contribution in [-0.4, -0.2) is 38.9 Å². The lowest BCUT2D eigenvalue weighted by molar-refractivity contribution is -0.116. The molecule has 7 nitrogen and oxygen atoms in total. The van der Waals surface area contributed by atoms with Gasteiger partial charge in [-0.05, 0) is 30.3 Å². The second-order valence-electron chi connectivity index (χ2n) is 6.95. The highest BCUT2D eigenvalue weighted by Crippen LogP contribution is 2.36. The van der Waals surface area contributed by atoms with E-state index >= 15 is 0 Å². The highest BCUT2D eigenvalue weighted by Gasteiger charge is 2.36. The summed E-state index contributed by atoms with van der Waals surface area (Å²) in [5.41, 5.74) is 3.19. The monoisotopic (exact) mass is 438 g/mol. The number of rotatable bonds is 4. The van der Waals surface area contributed by atoms with Crippen molar-refractivity contribution in [3.8, 4) is 5.69 Å². The van der Waals surface area contributed by atoms with E-state index in [-0.39, 0.29) is 6.54 Å². The normalized spacial score (nSPS) is 14.8. The van der Waals surface area contributed by atoms with E-state index in [2.05, 4.69) is 10.4 Å². The smallest absolute Gasteiger partial charge is 0.262 e. The second-order valence-corrected chi connectivity index (χ2v) is 8.37. The molecule has 3 aromatic rings. The summed E-state index contributed by atoms with van der Waals surface area (Å²) in [5.74, 6) is 0.624. The van der Waals surface area contributed by atoms with Crippen molar-refractivity contribution in [3.63, 3.8) is 0 Å². The number of hydrogen-bond donors (Lipinski definition) is 1. The highest BCUT2D eigenvalue weighted by molar-refractivity contribution is 7.98. The average molecular weight is 439 g/mol. The van der Waals surface area contributed by atoms with Crippen molar-refractivity contribution in [2.75, 3.05) is 11.9 Å². The Labute approximate surface area is 181 Å². The topological polar surface area (TPSA) is 84.3 Å². The minimum Gasteiger partial charge on any atom is -0.309 e. The first-order valence-corrected chi connectivity index (χ1v) is 10.8. The number of imide groups is 1. The molecule has 2 aliphatic heterocycles.